The van der Waals surface area contributed by atoms with Crippen molar-refractivity contribution in [3.63, 3.8) is 0 Å². The highest BCUT2D eigenvalue weighted by Gasteiger charge is 2.15. The Kier molecular flexibility index (Phi) is 6.03. The fourth-order valence-electron chi connectivity index (χ4n) is 2.98. The quantitative estimate of drug-likeness (QED) is 0.593. The van der Waals surface area contributed by atoms with E-state index in [2.05, 4.69) is 15.3 Å². The summed E-state index contributed by atoms with van der Waals surface area (Å²) in [5.41, 5.74) is 1.80. The van der Waals surface area contributed by atoms with Gasteiger partial charge in [-0.15, -0.1) is 0 Å². The highest BCUT2D eigenvalue weighted by Crippen LogP contribution is 2.31. The van der Waals surface area contributed by atoms with Crippen LogP contribution in [-0.4, -0.2) is 22.2 Å². The summed E-state index contributed by atoms with van der Waals surface area (Å²) in [6.45, 7) is 2.00. The summed E-state index contributed by atoms with van der Waals surface area (Å²) in [6.07, 6.45) is 4.63. The number of nitrogens with one attached hydrogen (secondary N) is 1. The molecule has 0 radical (unpaired) electrons. The summed E-state index contributed by atoms with van der Waals surface area (Å²) >= 11 is 0. The van der Waals surface area contributed by atoms with E-state index in [1.165, 1.54) is 25.3 Å². The van der Waals surface area contributed by atoms with Crippen LogP contribution in [0, 0.1) is 11.6 Å². The molecule has 3 rings (SSSR count). The molecule has 0 amide bonds. The van der Waals surface area contributed by atoms with Crippen LogP contribution in [0.25, 0.3) is 11.3 Å². The first-order valence-corrected chi connectivity index (χ1v) is 8.92. The summed E-state index contributed by atoms with van der Waals surface area (Å²) in [4.78, 5) is 8.75. The Hall–Kier alpha value is -3.22. The van der Waals surface area contributed by atoms with Crippen molar-refractivity contribution >= 4 is 5.82 Å². The van der Waals surface area contributed by atoms with Crippen molar-refractivity contribution in [1.29, 1.82) is 0 Å². The van der Waals surface area contributed by atoms with Crippen molar-refractivity contribution in [3.8, 4) is 22.8 Å². The van der Waals surface area contributed by atoms with E-state index in [-0.39, 0.29) is 11.8 Å². The summed E-state index contributed by atoms with van der Waals surface area (Å²) in [5.74, 6) is -0.392. The molecule has 0 spiro atoms. The maximum Gasteiger partial charge on any atom is 0.161 e. The van der Waals surface area contributed by atoms with E-state index in [4.69, 9.17) is 4.74 Å². The van der Waals surface area contributed by atoms with Gasteiger partial charge in [0.2, 0.25) is 0 Å². The molecule has 0 saturated carbocycles. The lowest BCUT2D eigenvalue weighted by Crippen LogP contribution is -2.12. The van der Waals surface area contributed by atoms with Crippen molar-refractivity contribution in [2.75, 3.05) is 12.4 Å². The number of rotatable bonds is 7. The Morgan fingerprint density at radius 3 is 2.54 bits per heavy atom. The van der Waals surface area contributed by atoms with E-state index in [9.17, 15) is 13.9 Å². The second-order valence-electron chi connectivity index (χ2n) is 6.36. The topological polar surface area (TPSA) is 67.3 Å². The van der Waals surface area contributed by atoms with Gasteiger partial charge >= 0.3 is 0 Å². The summed E-state index contributed by atoms with van der Waals surface area (Å²) in [5, 5.41) is 13.0. The van der Waals surface area contributed by atoms with Crippen molar-refractivity contribution in [3.05, 3.63) is 66.0 Å². The van der Waals surface area contributed by atoms with Crippen LogP contribution in [-0.2, 0) is 0 Å². The number of aromatic hydroxyl groups is 1. The number of nitrogens with zero attached hydrogens (tertiary/aromatic N) is 2. The normalized spacial score (nSPS) is 11.9. The van der Waals surface area contributed by atoms with Crippen LogP contribution in [0.1, 0.15) is 31.4 Å². The molecule has 1 unspecified atom stereocenters. The van der Waals surface area contributed by atoms with Gasteiger partial charge < -0.3 is 15.2 Å². The molecule has 28 heavy (non-hydrogen) atoms. The second kappa shape index (κ2) is 8.65. The van der Waals surface area contributed by atoms with E-state index < -0.39 is 11.6 Å². The Labute approximate surface area is 162 Å². The molecule has 0 saturated heterocycles. The first-order chi connectivity index (χ1) is 13.5. The maximum absolute atomic E-state index is 13.6. The molecule has 0 fully saturated rings. The molecule has 2 aromatic carbocycles. The summed E-state index contributed by atoms with van der Waals surface area (Å²) in [6, 6.07) is 8.06. The molecular formula is C21H21F2N3O2. The molecule has 7 heteroatoms. The maximum atomic E-state index is 13.6. The Morgan fingerprint density at radius 2 is 1.86 bits per heavy atom. The highest BCUT2D eigenvalue weighted by molar-refractivity contribution is 5.64. The van der Waals surface area contributed by atoms with Gasteiger partial charge in [-0.25, -0.2) is 13.8 Å². The number of methoxy groups -OCH3 is 1. The number of halogens is 2. The van der Waals surface area contributed by atoms with Gasteiger partial charge in [-0.3, -0.25) is 4.98 Å². The summed E-state index contributed by atoms with van der Waals surface area (Å²) in [7, 11) is 1.47. The van der Waals surface area contributed by atoms with Gasteiger partial charge in [0.25, 0.3) is 0 Å². The lowest BCUT2D eigenvalue weighted by Gasteiger charge is -2.19. The number of phenolic OH excluding ortho intramolecular Hbond substituents is 1. The Balaban J connectivity index is 1.90. The van der Waals surface area contributed by atoms with E-state index >= 15 is 0 Å². The molecule has 5 nitrogen and oxygen atoms in total. The lowest BCUT2D eigenvalue weighted by atomic mass is 10.0. The van der Waals surface area contributed by atoms with Gasteiger partial charge in [0.1, 0.15) is 17.5 Å². The molecule has 3 aromatic rings. The summed E-state index contributed by atoms with van der Waals surface area (Å²) < 4.78 is 32.4. The average molecular weight is 385 g/mol. The van der Waals surface area contributed by atoms with Crippen LogP contribution >= 0.6 is 0 Å². The molecule has 0 aliphatic heterocycles. The zero-order chi connectivity index (χ0) is 20.1. The molecule has 1 aromatic heterocycles. The highest BCUT2D eigenvalue weighted by atomic mass is 19.1. The third-order valence-corrected chi connectivity index (χ3v) is 4.30. The van der Waals surface area contributed by atoms with Crippen molar-refractivity contribution in [2.45, 2.75) is 25.8 Å². The number of hydrogen-bond acceptors (Lipinski definition) is 5. The number of aromatic nitrogens is 2. The fraction of sp³-hybridized carbons (Fsp3) is 0.238. The standard InChI is InChI=1S/C21H21F2N3O2/c1-3-4-17(14-7-15(22)10-16(23)8-14)25-21-12-24-11-18(26-21)13-5-6-19(27)20(9-13)28-2/h5-12,17,27H,3-4H2,1-2H3,(H,25,26). The third-order valence-electron chi connectivity index (χ3n) is 4.30. The van der Waals surface area contributed by atoms with E-state index in [0.29, 0.717) is 29.2 Å². The van der Waals surface area contributed by atoms with Gasteiger partial charge in [0.05, 0.1) is 31.2 Å². The van der Waals surface area contributed by atoms with Crippen LogP contribution in [0.3, 0.4) is 0 Å². The minimum absolute atomic E-state index is 0.0321. The predicted molar refractivity (Wildman–Crippen MR) is 103 cm³/mol. The van der Waals surface area contributed by atoms with Gasteiger partial charge in [-0.05, 0) is 42.3 Å². The van der Waals surface area contributed by atoms with Crippen molar-refractivity contribution < 1.29 is 18.6 Å². The van der Waals surface area contributed by atoms with Crippen LogP contribution < -0.4 is 10.1 Å². The first kappa shape index (κ1) is 19.5. The number of phenols is 1. The van der Waals surface area contributed by atoms with Crippen molar-refractivity contribution in [2.24, 2.45) is 0 Å². The van der Waals surface area contributed by atoms with Gasteiger partial charge in [0, 0.05) is 11.6 Å². The monoisotopic (exact) mass is 385 g/mol. The number of hydrogen-bond donors (Lipinski definition) is 2. The molecule has 146 valence electrons. The van der Waals surface area contributed by atoms with E-state index in [1.807, 2.05) is 6.92 Å². The molecule has 1 heterocycles. The Morgan fingerprint density at radius 1 is 1.11 bits per heavy atom. The van der Waals surface area contributed by atoms with Crippen LogP contribution in [0.4, 0.5) is 14.6 Å². The molecule has 2 N–H and O–H groups in total. The minimum Gasteiger partial charge on any atom is -0.504 e. The zero-order valence-corrected chi connectivity index (χ0v) is 15.6. The van der Waals surface area contributed by atoms with Crippen LogP contribution in [0.15, 0.2) is 48.8 Å². The third kappa shape index (κ3) is 4.54. The molecule has 0 aliphatic carbocycles. The lowest BCUT2D eigenvalue weighted by molar-refractivity contribution is 0.373. The smallest absolute Gasteiger partial charge is 0.161 e. The predicted octanol–water partition coefficient (Wildman–Crippen LogP) is 5.09. The molecular weight excluding hydrogens is 364 g/mol. The Bertz CT molecular complexity index is 946. The fourth-order valence-corrected chi connectivity index (χ4v) is 2.98. The SMILES string of the molecule is CCCC(Nc1cncc(-c2ccc(O)c(OC)c2)n1)c1cc(F)cc(F)c1. The van der Waals surface area contributed by atoms with E-state index in [0.717, 1.165) is 18.1 Å². The van der Waals surface area contributed by atoms with Crippen molar-refractivity contribution in [1.82, 2.24) is 9.97 Å². The van der Waals surface area contributed by atoms with Gasteiger partial charge in [0.15, 0.2) is 11.5 Å². The number of anilines is 1. The average Bonchev–Trinajstić information content (AvgIpc) is 2.67. The van der Waals surface area contributed by atoms with Gasteiger partial charge in [-0.2, -0.15) is 0 Å². The van der Waals surface area contributed by atoms with Crippen LogP contribution in [0.2, 0.25) is 0 Å². The molecule has 0 aliphatic rings. The van der Waals surface area contributed by atoms with Gasteiger partial charge in [-0.1, -0.05) is 13.3 Å². The minimum atomic E-state index is -0.617. The van der Waals surface area contributed by atoms with E-state index in [1.54, 1.807) is 24.5 Å². The molecule has 0 bridgehead atoms. The first-order valence-electron chi connectivity index (χ1n) is 8.92. The zero-order valence-electron chi connectivity index (χ0n) is 15.6. The second-order valence-corrected chi connectivity index (χ2v) is 6.36. The molecule has 1 atom stereocenters. The van der Waals surface area contributed by atoms with Crippen LogP contribution in [0.5, 0.6) is 11.5 Å². The number of ether oxygens (including phenoxy) is 1. The largest absolute Gasteiger partial charge is 0.504 e. The number of benzene rings is 2.